The van der Waals surface area contributed by atoms with Crippen LogP contribution in [0.4, 0.5) is 14.9 Å². The Morgan fingerprint density at radius 3 is 2.76 bits per heavy atom. The van der Waals surface area contributed by atoms with Crippen molar-refractivity contribution in [2.24, 2.45) is 0 Å². The van der Waals surface area contributed by atoms with Crippen molar-refractivity contribution in [1.29, 1.82) is 5.41 Å². The molecule has 1 atom stereocenters. The number of β-amino-alcohol motifs (C(OH)–C–C–N with tert-alkyl or cyclic N) is 1. The molecule has 2 heterocycles. The molecule has 1 fully saturated rings. The molecule has 2 aromatic carbocycles. The first kappa shape index (κ1) is 23.4. The van der Waals surface area contributed by atoms with Gasteiger partial charge in [-0.05, 0) is 41.8 Å². The van der Waals surface area contributed by atoms with Gasteiger partial charge in [0.25, 0.3) is 0 Å². The summed E-state index contributed by atoms with van der Waals surface area (Å²) in [5.41, 5.74) is 2.92. The number of hydrogen-bond donors (Lipinski definition) is 4. The number of nitrogens with zero attached hydrogens (tertiary/aromatic N) is 3. The molecule has 1 saturated heterocycles. The van der Waals surface area contributed by atoms with Gasteiger partial charge in [-0.3, -0.25) is 20.3 Å². The van der Waals surface area contributed by atoms with Crippen molar-refractivity contribution in [3.63, 3.8) is 0 Å². The zero-order chi connectivity index (χ0) is 24.1. The van der Waals surface area contributed by atoms with Crippen molar-refractivity contribution < 1.29 is 19.0 Å². The zero-order valence-electron chi connectivity index (χ0n) is 18.8. The number of nitrogens with one attached hydrogen (secondary N) is 3. The molecular formula is C24H27FN6O3. The number of carbonyl (C=O) groups excluding carboxylic acids is 1. The number of benzene rings is 2. The van der Waals surface area contributed by atoms with Gasteiger partial charge in [0, 0.05) is 36.6 Å². The summed E-state index contributed by atoms with van der Waals surface area (Å²) in [6, 6.07) is 11.0. The van der Waals surface area contributed by atoms with Gasteiger partial charge in [-0.2, -0.15) is 5.10 Å². The van der Waals surface area contributed by atoms with Gasteiger partial charge in [-0.1, -0.05) is 12.1 Å². The third-order valence-corrected chi connectivity index (χ3v) is 5.67. The normalized spacial score (nSPS) is 15.8. The van der Waals surface area contributed by atoms with Gasteiger partial charge in [0.05, 0.1) is 32.5 Å². The van der Waals surface area contributed by atoms with Gasteiger partial charge in [0.2, 0.25) is 0 Å². The Kier molecular flexibility index (Phi) is 7.19. The number of methoxy groups -OCH3 is 1. The van der Waals surface area contributed by atoms with E-state index in [4.69, 9.17) is 10.1 Å². The lowest BCUT2D eigenvalue weighted by Gasteiger charge is -2.27. The summed E-state index contributed by atoms with van der Waals surface area (Å²) >= 11 is 0. The third kappa shape index (κ3) is 5.77. The first-order valence-corrected chi connectivity index (χ1v) is 10.9. The summed E-state index contributed by atoms with van der Waals surface area (Å²) in [5, 5.41) is 27.9. The molecule has 34 heavy (non-hydrogen) atoms. The van der Waals surface area contributed by atoms with E-state index in [1.165, 1.54) is 24.1 Å². The van der Waals surface area contributed by atoms with E-state index in [-0.39, 0.29) is 18.9 Å². The molecule has 0 spiro atoms. The van der Waals surface area contributed by atoms with Crippen molar-refractivity contribution in [3.8, 4) is 16.9 Å². The zero-order valence-corrected chi connectivity index (χ0v) is 18.8. The first-order chi connectivity index (χ1) is 16.4. The second kappa shape index (κ2) is 10.4. The molecule has 10 heteroatoms. The largest absolute Gasteiger partial charge is 0.497 e. The van der Waals surface area contributed by atoms with Gasteiger partial charge in [0.15, 0.2) is 0 Å². The fraction of sp³-hybridized carbons (Fsp3) is 0.292. The second-order valence-corrected chi connectivity index (χ2v) is 8.20. The number of rotatable bonds is 7. The molecule has 1 aliphatic rings. The summed E-state index contributed by atoms with van der Waals surface area (Å²) in [7, 11) is 1.44. The van der Waals surface area contributed by atoms with Crippen LogP contribution in [0.5, 0.6) is 5.75 Å². The quantitative estimate of drug-likeness (QED) is 0.315. The number of aromatic nitrogens is 2. The molecule has 1 unspecified atom stereocenters. The van der Waals surface area contributed by atoms with E-state index in [2.05, 4.69) is 15.5 Å². The molecule has 0 aliphatic carbocycles. The summed E-state index contributed by atoms with van der Waals surface area (Å²) in [6.45, 7) is 1.27. The molecule has 178 valence electrons. The minimum Gasteiger partial charge on any atom is -0.497 e. The molecule has 0 saturated carbocycles. The number of carbonyl (C=O) groups is 1. The van der Waals surface area contributed by atoms with Crippen LogP contribution in [0.15, 0.2) is 54.9 Å². The number of aromatic amines is 1. The summed E-state index contributed by atoms with van der Waals surface area (Å²) in [5.74, 6) is -0.108. The van der Waals surface area contributed by atoms with E-state index < -0.39 is 18.0 Å². The van der Waals surface area contributed by atoms with E-state index >= 15 is 0 Å². The molecule has 1 aliphatic heterocycles. The summed E-state index contributed by atoms with van der Waals surface area (Å²) in [4.78, 5) is 16.4. The van der Waals surface area contributed by atoms with E-state index in [9.17, 15) is 14.3 Å². The Bertz CT molecular complexity index is 1140. The van der Waals surface area contributed by atoms with Gasteiger partial charge >= 0.3 is 6.03 Å². The molecule has 0 radical (unpaired) electrons. The number of amides is 2. The van der Waals surface area contributed by atoms with Crippen molar-refractivity contribution in [1.82, 2.24) is 20.0 Å². The monoisotopic (exact) mass is 466 g/mol. The number of anilines is 1. The average molecular weight is 467 g/mol. The molecule has 1 aromatic heterocycles. The molecule has 0 bridgehead atoms. The van der Waals surface area contributed by atoms with Crippen LogP contribution in [0.25, 0.3) is 11.1 Å². The summed E-state index contributed by atoms with van der Waals surface area (Å²) < 4.78 is 19.2. The number of amidine groups is 1. The number of ether oxygens (including phenoxy) is 1. The maximum absolute atomic E-state index is 14.0. The standard InChI is InChI=1S/C24H27FN6O3/c1-34-22-9-16(8-19(25)10-22)13-31(23(26)15-30-7-6-21(32)14-30)24(33)29-20-4-2-17(3-5-20)18-11-27-28-12-18/h2-5,8-12,21,26,32H,6-7,13-15H2,1H3,(H,27,28)(H,29,33). The smallest absolute Gasteiger partial charge is 0.327 e. The Morgan fingerprint density at radius 2 is 2.12 bits per heavy atom. The maximum Gasteiger partial charge on any atom is 0.327 e. The Labute approximate surface area is 196 Å². The lowest BCUT2D eigenvalue weighted by atomic mass is 10.1. The van der Waals surface area contributed by atoms with E-state index in [1.807, 2.05) is 17.0 Å². The maximum atomic E-state index is 14.0. The Balaban J connectivity index is 1.51. The van der Waals surface area contributed by atoms with Crippen molar-refractivity contribution in [2.45, 2.75) is 19.1 Å². The fourth-order valence-corrected chi connectivity index (χ4v) is 3.90. The van der Waals surface area contributed by atoms with Crippen molar-refractivity contribution in [2.75, 3.05) is 32.1 Å². The number of hydrogen-bond acceptors (Lipinski definition) is 6. The first-order valence-electron chi connectivity index (χ1n) is 10.9. The summed E-state index contributed by atoms with van der Waals surface area (Å²) in [6.07, 6.45) is 3.68. The van der Waals surface area contributed by atoms with Gasteiger partial charge in [-0.15, -0.1) is 0 Å². The molecule has 9 nitrogen and oxygen atoms in total. The minimum atomic E-state index is -0.510. The highest BCUT2D eigenvalue weighted by Crippen LogP contribution is 2.22. The number of aliphatic hydroxyl groups is 1. The van der Waals surface area contributed by atoms with Crippen LogP contribution in [-0.2, 0) is 6.54 Å². The van der Waals surface area contributed by atoms with Gasteiger partial charge in [-0.25, -0.2) is 9.18 Å². The van der Waals surface area contributed by atoms with E-state index in [0.717, 1.165) is 11.1 Å². The van der Waals surface area contributed by atoms with Gasteiger partial charge in [0.1, 0.15) is 17.4 Å². The van der Waals surface area contributed by atoms with Crippen molar-refractivity contribution in [3.05, 3.63) is 66.2 Å². The van der Waals surface area contributed by atoms with Crippen LogP contribution in [0.1, 0.15) is 12.0 Å². The van der Waals surface area contributed by atoms with E-state index in [1.54, 1.807) is 30.6 Å². The Hall–Kier alpha value is -3.76. The lowest BCUT2D eigenvalue weighted by Crippen LogP contribution is -2.44. The highest BCUT2D eigenvalue weighted by atomic mass is 19.1. The van der Waals surface area contributed by atoms with Crippen LogP contribution in [0, 0.1) is 11.2 Å². The molecule has 3 aromatic rings. The van der Waals surface area contributed by atoms with Crippen LogP contribution in [0.2, 0.25) is 0 Å². The average Bonchev–Trinajstić information content (AvgIpc) is 3.49. The lowest BCUT2D eigenvalue weighted by molar-refractivity contribution is 0.179. The Morgan fingerprint density at radius 1 is 1.32 bits per heavy atom. The number of H-pyrrole nitrogens is 1. The highest BCUT2D eigenvalue weighted by molar-refractivity contribution is 6.02. The number of likely N-dealkylation sites (tertiary alicyclic amines) is 1. The number of aliphatic hydroxyl groups excluding tert-OH is 1. The third-order valence-electron chi connectivity index (χ3n) is 5.67. The van der Waals surface area contributed by atoms with Crippen LogP contribution in [0.3, 0.4) is 0 Å². The molecule has 4 N–H and O–H groups in total. The highest BCUT2D eigenvalue weighted by Gasteiger charge is 2.26. The number of urea groups is 1. The van der Waals surface area contributed by atoms with Gasteiger partial charge < -0.3 is 15.2 Å². The molecular weight excluding hydrogens is 439 g/mol. The van der Waals surface area contributed by atoms with Crippen LogP contribution in [-0.4, -0.2) is 69.8 Å². The molecule has 2 amide bonds. The second-order valence-electron chi connectivity index (χ2n) is 8.20. The number of halogens is 1. The predicted octanol–water partition coefficient (Wildman–Crippen LogP) is 3.30. The fourth-order valence-electron chi connectivity index (χ4n) is 3.90. The topological polar surface area (TPSA) is 118 Å². The predicted molar refractivity (Wildman–Crippen MR) is 126 cm³/mol. The SMILES string of the molecule is COc1cc(F)cc(CN(C(=N)CN2CCC(O)C2)C(=O)Nc2ccc(-c3cn[nH]c3)cc2)c1. The minimum absolute atomic E-state index is 0.0116. The van der Waals surface area contributed by atoms with E-state index in [0.29, 0.717) is 36.5 Å². The van der Waals surface area contributed by atoms with Crippen molar-refractivity contribution >= 4 is 17.6 Å². The van der Waals surface area contributed by atoms with Crippen LogP contribution < -0.4 is 10.1 Å². The molecule has 4 rings (SSSR count). The van der Waals surface area contributed by atoms with Crippen LogP contribution >= 0.6 is 0 Å².